The van der Waals surface area contributed by atoms with E-state index in [1.54, 1.807) is 0 Å². The first kappa shape index (κ1) is 12.5. The van der Waals surface area contributed by atoms with Crippen LogP contribution >= 0.6 is 0 Å². The Kier molecular flexibility index (Phi) is 4.95. The number of aromatic nitrogens is 1. The highest BCUT2D eigenvalue weighted by atomic mass is 16.5. The molecule has 3 heteroatoms. The minimum absolute atomic E-state index is 0.473. The molecule has 3 nitrogen and oxygen atoms in total. The van der Waals surface area contributed by atoms with Gasteiger partial charge in [0.25, 0.3) is 0 Å². The Labute approximate surface area is 104 Å². The second-order valence-corrected chi connectivity index (χ2v) is 4.86. The average Bonchev–Trinajstić information content (AvgIpc) is 2.83. The monoisotopic (exact) mass is 234 g/mol. The van der Waals surface area contributed by atoms with Crippen molar-refractivity contribution in [2.24, 2.45) is 0 Å². The number of hydrogen-bond donors (Lipinski definition) is 0. The van der Waals surface area contributed by atoms with Crippen molar-refractivity contribution in [1.82, 2.24) is 9.88 Å². The molecule has 0 unspecified atom stereocenters. The average molecular weight is 234 g/mol. The molecule has 1 aromatic heterocycles. The molecule has 94 valence electrons. The highest BCUT2D eigenvalue weighted by Gasteiger charge is 2.16. The summed E-state index contributed by atoms with van der Waals surface area (Å²) < 4.78 is 5.64. The molecule has 0 N–H and O–H groups in total. The third-order valence-electron chi connectivity index (χ3n) is 3.29. The van der Waals surface area contributed by atoms with E-state index in [1.165, 1.54) is 24.8 Å². The number of rotatable bonds is 6. The van der Waals surface area contributed by atoms with E-state index >= 15 is 0 Å². The summed E-state index contributed by atoms with van der Waals surface area (Å²) in [5, 5.41) is 0. The lowest BCUT2D eigenvalue weighted by Gasteiger charge is -2.20. The fraction of sp³-hybridized carbons (Fsp3) is 0.643. The van der Waals surface area contributed by atoms with E-state index in [1.807, 2.05) is 12.4 Å². The van der Waals surface area contributed by atoms with Crippen LogP contribution in [0.5, 0.6) is 0 Å². The van der Waals surface area contributed by atoms with Crippen molar-refractivity contribution in [3.05, 3.63) is 30.1 Å². The molecular formula is C14H22N2O. The molecule has 1 aromatic rings. The van der Waals surface area contributed by atoms with Crippen LogP contribution in [0.25, 0.3) is 0 Å². The molecule has 0 radical (unpaired) electrons. The molecule has 2 rings (SSSR count). The van der Waals surface area contributed by atoms with Crippen LogP contribution < -0.4 is 0 Å². The van der Waals surface area contributed by atoms with Crippen molar-refractivity contribution < 1.29 is 4.74 Å². The summed E-state index contributed by atoms with van der Waals surface area (Å²) in [4.78, 5) is 6.42. The van der Waals surface area contributed by atoms with Crippen LogP contribution in [0.4, 0.5) is 0 Å². The van der Waals surface area contributed by atoms with E-state index in [0.29, 0.717) is 6.10 Å². The predicted molar refractivity (Wildman–Crippen MR) is 69.0 cm³/mol. The zero-order valence-electron chi connectivity index (χ0n) is 10.6. The Morgan fingerprint density at radius 1 is 1.41 bits per heavy atom. The molecule has 0 bridgehead atoms. The first-order chi connectivity index (χ1) is 8.34. The van der Waals surface area contributed by atoms with Gasteiger partial charge in [-0.15, -0.1) is 0 Å². The summed E-state index contributed by atoms with van der Waals surface area (Å²) in [7, 11) is 2.19. The standard InChI is InChI=1S/C14H22N2O/c1-16(12-14-5-3-11-17-14)10-2-4-13-6-8-15-9-7-13/h6-9,14H,2-5,10-12H2,1H3/t14-/m1/s1. The lowest BCUT2D eigenvalue weighted by Crippen LogP contribution is -2.29. The molecule has 1 aliphatic rings. The van der Waals surface area contributed by atoms with Gasteiger partial charge in [0.1, 0.15) is 0 Å². The molecule has 1 fully saturated rings. The van der Waals surface area contributed by atoms with E-state index in [-0.39, 0.29) is 0 Å². The second kappa shape index (κ2) is 6.72. The topological polar surface area (TPSA) is 25.4 Å². The smallest absolute Gasteiger partial charge is 0.0702 e. The Morgan fingerprint density at radius 2 is 2.24 bits per heavy atom. The molecule has 0 saturated carbocycles. The minimum atomic E-state index is 0.473. The maximum absolute atomic E-state index is 5.64. The van der Waals surface area contributed by atoms with Gasteiger partial charge >= 0.3 is 0 Å². The van der Waals surface area contributed by atoms with E-state index < -0.39 is 0 Å². The number of hydrogen-bond acceptors (Lipinski definition) is 3. The van der Waals surface area contributed by atoms with Crippen molar-refractivity contribution in [3.8, 4) is 0 Å². The van der Waals surface area contributed by atoms with Gasteiger partial charge in [0, 0.05) is 25.5 Å². The maximum Gasteiger partial charge on any atom is 0.0702 e. The molecule has 1 saturated heterocycles. The SMILES string of the molecule is CN(CCCc1ccncc1)C[C@H]1CCCO1. The molecule has 0 amide bonds. The van der Waals surface area contributed by atoms with Crippen LogP contribution in [0.3, 0.4) is 0 Å². The summed E-state index contributed by atoms with van der Waals surface area (Å²) in [5.41, 5.74) is 1.38. The third kappa shape index (κ3) is 4.44. The Hall–Kier alpha value is -0.930. The highest BCUT2D eigenvalue weighted by molar-refractivity contribution is 5.09. The van der Waals surface area contributed by atoms with Crippen molar-refractivity contribution >= 4 is 0 Å². The van der Waals surface area contributed by atoms with Gasteiger partial charge in [-0.05, 0) is 57.0 Å². The predicted octanol–water partition coefficient (Wildman–Crippen LogP) is 2.12. The number of nitrogens with zero attached hydrogens (tertiary/aromatic N) is 2. The normalized spacial score (nSPS) is 20.0. The van der Waals surface area contributed by atoms with Crippen LogP contribution in [-0.4, -0.2) is 42.7 Å². The molecule has 1 atom stereocenters. The van der Waals surface area contributed by atoms with Crippen LogP contribution in [0, 0.1) is 0 Å². The van der Waals surface area contributed by atoms with Gasteiger partial charge in [0.2, 0.25) is 0 Å². The first-order valence-electron chi connectivity index (χ1n) is 6.53. The third-order valence-corrected chi connectivity index (χ3v) is 3.29. The number of likely N-dealkylation sites (N-methyl/N-ethyl adjacent to an activating group) is 1. The lowest BCUT2D eigenvalue weighted by molar-refractivity contribution is 0.0810. The summed E-state index contributed by atoms with van der Waals surface area (Å²) in [6, 6.07) is 4.19. The van der Waals surface area contributed by atoms with Crippen LogP contribution in [0.2, 0.25) is 0 Å². The molecule has 0 aromatic carbocycles. The minimum Gasteiger partial charge on any atom is -0.377 e. The summed E-state index contributed by atoms with van der Waals surface area (Å²) in [5.74, 6) is 0. The zero-order chi connectivity index (χ0) is 11.9. The van der Waals surface area contributed by atoms with Crippen molar-refractivity contribution in [1.29, 1.82) is 0 Å². The van der Waals surface area contributed by atoms with E-state index in [4.69, 9.17) is 4.74 Å². The number of aryl methyl sites for hydroxylation is 1. The van der Waals surface area contributed by atoms with E-state index in [2.05, 4.69) is 29.1 Å². The fourth-order valence-electron chi connectivity index (χ4n) is 2.33. The summed E-state index contributed by atoms with van der Waals surface area (Å²) in [6.45, 7) is 3.17. The fourth-order valence-corrected chi connectivity index (χ4v) is 2.33. The molecule has 17 heavy (non-hydrogen) atoms. The largest absolute Gasteiger partial charge is 0.377 e. The number of ether oxygens (including phenoxy) is 1. The van der Waals surface area contributed by atoms with Crippen LogP contribution in [0.1, 0.15) is 24.8 Å². The van der Waals surface area contributed by atoms with Crippen molar-refractivity contribution in [2.45, 2.75) is 31.8 Å². The van der Waals surface area contributed by atoms with Gasteiger partial charge in [-0.3, -0.25) is 4.98 Å². The zero-order valence-corrected chi connectivity index (χ0v) is 10.6. The van der Waals surface area contributed by atoms with Crippen molar-refractivity contribution in [2.75, 3.05) is 26.7 Å². The summed E-state index contributed by atoms with van der Waals surface area (Å²) in [6.07, 6.45) is 9.01. The van der Waals surface area contributed by atoms with Crippen LogP contribution in [-0.2, 0) is 11.2 Å². The highest BCUT2D eigenvalue weighted by Crippen LogP contribution is 2.13. The summed E-state index contributed by atoms with van der Waals surface area (Å²) >= 11 is 0. The Balaban J connectivity index is 1.61. The molecule has 2 heterocycles. The number of pyridine rings is 1. The quantitative estimate of drug-likeness (QED) is 0.754. The second-order valence-electron chi connectivity index (χ2n) is 4.86. The van der Waals surface area contributed by atoms with Gasteiger partial charge in [0.15, 0.2) is 0 Å². The van der Waals surface area contributed by atoms with Crippen molar-refractivity contribution in [3.63, 3.8) is 0 Å². The van der Waals surface area contributed by atoms with E-state index in [0.717, 1.165) is 26.1 Å². The van der Waals surface area contributed by atoms with Gasteiger partial charge in [-0.2, -0.15) is 0 Å². The van der Waals surface area contributed by atoms with Gasteiger partial charge in [-0.1, -0.05) is 0 Å². The van der Waals surface area contributed by atoms with E-state index in [9.17, 15) is 0 Å². The molecule has 0 aliphatic carbocycles. The van der Waals surface area contributed by atoms with Gasteiger partial charge < -0.3 is 9.64 Å². The molecule has 1 aliphatic heterocycles. The Morgan fingerprint density at radius 3 is 2.94 bits per heavy atom. The first-order valence-corrected chi connectivity index (χ1v) is 6.53. The molecular weight excluding hydrogens is 212 g/mol. The lowest BCUT2D eigenvalue weighted by atomic mass is 10.1. The molecule has 0 spiro atoms. The Bertz CT molecular complexity index is 309. The maximum atomic E-state index is 5.64. The van der Waals surface area contributed by atoms with Crippen LogP contribution in [0.15, 0.2) is 24.5 Å². The van der Waals surface area contributed by atoms with Gasteiger partial charge in [-0.25, -0.2) is 0 Å². The van der Waals surface area contributed by atoms with Gasteiger partial charge in [0.05, 0.1) is 6.10 Å².